The maximum Gasteiger partial charge on any atom is 0.305 e. The minimum absolute atomic E-state index is 0.109. The molecule has 5 heteroatoms. The fraction of sp³-hybridized carbons (Fsp3) is 0.867. The van der Waals surface area contributed by atoms with Crippen LogP contribution in [0.2, 0.25) is 0 Å². The van der Waals surface area contributed by atoms with Gasteiger partial charge in [-0.05, 0) is 40.2 Å². The van der Waals surface area contributed by atoms with E-state index in [1.165, 1.54) is 0 Å². The number of unbranched alkanes of at least 4 members (excludes halogenated alkanes) is 2. The molecule has 1 aliphatic rings. The summed E-state index contributed by atoms with van der Waals surface area (Å²) in [5, 5.41) is 0. The third-order valence-electron chi connectivity index (χ3n) is 3.98. The molecule has 0 radical (unpaired) electrons. The fourth-order valence-corrected chi connectivity index (χ4v) is 2.63. The fourth-order valence-electron chi connectivity index (χ4n) is 2.63. The van der Waals surface area contributed by atoms with Crippen molar-refractivity contribution in [2.24, 2.45) is 0 Å². The molecule has 0 atom stereocenters. The molecular formula is C15H28N2O3. The Bertz CT molecular complexity index is 342. The van der Waals surface area contributed by atoms with E-state index in [0.717, 1.165) is 38.9 Å². The van der Waals surface area contributed by atoms with Crippen LogP contribution >= 0.6 is 0 Å². The van der Waals surface area contributed by atoms with Gasteiger partial charge in [-0.1, -0.05) is 6.42 Å². The van der Waals surface area contributed by atoms with Crippen LogP contribution in [-0.2, 0) is 14.3 Å². The first-order chi connectivity index (χ1) is 9.39. The zero-order valence-corrected chi connectivity index (χ0v) is 13.3. The quantitative estimate of drug-likeness (QED) is 0.527. The molecule has 0 spiro atoms. The molecule has 116 valence electrons. The molecule has 0 N–H and O–H groups in total. The molecule has 5 nitrogen and oxygen atoms in total. The summed E-state index contributed by atoms with van der Waals surface area (Å²) in [4.78, 5) is 27.4. The van der Waals surface area contributed by atoms with Gasteiger partial charge in [0.1, 0.15) is 0 Å². The molecule has 1 heterocycles. The van der Waals surface area contributed by atoms with Crippen molar-refractivity contribution in [2.45, 2.75) is 52.0 Å². The highest BCUT2D eigenvalue weighted by molar-refractivity contribution is 5.86. The molecule has 1 rings (SSSR count). The van der Waals surface area contributed by atoms with Crippen LogP contribution in [0.3, 0.4) is 0 Å². The molecule has 0 unspecified atom stereocenters. The lowest BCUT2D eigenvalue weighted by Crippen LogP contribution is -2.62. The molecule has 0 saturated carbocycles. The van der Waals surface area contributed by atoms with E-state index < -0.39 is 5.54 Å². The number of hydrogen-bond acceptors (Lipinski definition) is 4. The normalized spacial score (nSPS) is 19.2. The average molecular weight is 284 g/mol. The number of carbonyl (C=O) groups is 2. The van der Waals surface area contributed by atoms with Crippen LogP contribution in [0, 0.1) is 0 Å². The molecule has 0 bridgehead atoms. The maximum atomic E-state index is 12.1. The molecule has 1 saturated heterocycles. The largest absolute Gasteiger partial charge is 0.466 e. The van der Waals surface area contributed by atoms with E-state index in [1.807, 2.05) is 27.8 Å². The summed E-state index contributed by atoms with van der Waals surface area (Å²) in [5.74, 6) is 0.0814. The lowest BCUT2D eigenvalue weighted by atomic mass is 9.97. The Morgan fingerprint density at radius 3 is 2.60 bits per heavy atom. The molecular weight excluding hydrogens is 256 g/mol. The number of nitrogens with zero attached hydrogens (tertiary/aromatic N) is 2. The Hall–Kier alpha value is -1.10. The van der Waals surface area contributed by atoms with Crippen LogP contribution in [0.25, 0.3) is 0 Å². The van der Waals surface area contributed by atoms with Gasteiger partial charge in [0.15, 0.2) is 0 Å². The molecule has 0 aromatic heterocycles. The highest BCUT2D eigenvalue weighted by Gasteiger charge is 2.39. The second-order valence-corrected chi connectivity index (χ2v) is 5.89. The molecule has 0 aromatic rings. The molecule has 1 amide bonds. The molecule has 1 aliphatic heterocycles. The van der Waals surface area contributed by atoms with Gasteiger partial charge in [-0.15, -0.1) is 0 Å². The first kappa shape index (κ1) is 17.0. The minimum atomic E-state index is -0.409. The second-order valence-electron chi connectivity index (χ2n) is 5.89. The van der Waals surface area contributed by atoms with Crippen molar-refractivity contribution in [3.63, 3.8) is 0 Å². The lowest BCUT2D eigenvalue weighted by Gasteiger charge is -2.44. The Morgan fingerprint density at radius 1 is 1.25 bits per heavy atom. The van der Waals surface area contributed by atoms with Gasteiger partial charge >= 0.3 is 5.97 Å². The first-order valence-electron chi connectivity index (χ1n) is 7.55. The number of rotatable bonds is 7. The van der Waals surface area contributed by atoms with Gasteiger partial charge in [-0.2, -0.15) is 0 Å². The first-order valence-corrected chi connectivity index (χ1v) is 7.55. The van der Waals surface area contributed by atoms with Gasteiger partial charge < -0.3 is 9.64 Å². The summed E-state index contributed by atoms with van der Waals surface area (Å²) in [7, 11) is 1.86. The smallest absolute Gasteiger partial charge is 0.305 e. The third-order valence-corrected chi connectivity index (χ3v) is 3.98. The van der Waals surface area contributed by atoms with Crippen molar-refractivity contribution in [3.8, 4) is 0 Å². The second kappa shape index (κ2) is 7.62. The molecule has 0 aliphatic carbocycles. The van der Waals surface area contributed by atoms with E-state index in [4.69, 9.17) is 4.74 Å². The predicted molar refractivity (Wildman–Crippen MR) is 78.4 cm³/mol. The van der Waals surface area contributed by atoms with E-state index in [9.17, 15) is 9.59 Å². The standard InChI is InChI=1S/C15H28N2O3/c1-5-20-13(18)9-7-6-8-10-17-12-11-16(4)14(19)15(17,2)3/h5-12H2,1-4H3. The van der Waals surface area contributed by atoms with Gasteiger partial charge in [0.25, 0.3) is 0 Å². The van der Waals surface area contributed by atoms with Crippen LogP contribution in [0.5, 0.6) is 0 Å². The Labute approximate surface area is 122 Å². The predicted octanol–water partition coefficient (Wildman–Crippen LogP) is 1.66. The van der Waals surface area contributed by atoms with Crippen molar-refractivity contribution in [2.75, 3.05) is 33.3 Å². The number of likely N-dealkylation sites (N-methyl/N-ethyl adjacent to an activating group) is 1. The summed E-state index contributed by atoms with van der Waals surface area (Å²) >= 11 is 0. The maximum absolute atomic E-state index is 12.1. The van der Waals surface area contributed by atoms with Crippen molar-refractivity contribution < 1.29 is 14.3 Å². The monoisotopic (exact) mass is 284 g/mol. The Morgan fingerprint density at radius 2 is 1.95 bits per heavy atom. The van der Waals surface area contributed by atoms with Crippen LogP contribution in [0.4, 0.5) is 0 Å². The van der Waals surface area contributed by atoms with Gasteiger partial charge in [0, 0.05) is 26.6 Å². The molecule has 0 aromatic carbocycles. The number of ether oxygens (including phenoxy) is 1. The highest BCUT2D eigenvalue weighted by atomic mass is 16.5. The molecule has 20 heavy (non-hydrogen) atoms. The third kappa shape index (κ3) is 4.47. The van der Waals surface area contributed by atoms with Crippen LogP contribution in [-0.4, -0.2) is 60.5 Å². The Kier molecular flexibility index (Phi) is 6.46. The van der Waals surface area contributed by atoms with Crippen LogP contribution in [0.1, 0.15) is 46.5 Å². The van der Waals surface area contributed by atoms with Gasteiger partial charge in [-0.3, -0.25) is 14.5 Å². The van der Waals surface area contributed by atoms with E-state index in [2.05, 4.69) is 4.90 Å². The summed E-state index contributed by atoms with van der Waals surface area (Å²) in [5.41, 5.74) is -0.409. The number of piperazine rings is 1. The van der Waals surface area contributed by atoms with E-state index in [1.54, 1.807) is 4.90 Å². The zero-order chi connectivity index (χ0) is 15.2. The number of carbonyl (C=O) groups excluding carboxylic acids is 2. The van der Waals surface area contributed by atoms with E-state index in [0.29, 0.717) is 13.0 Å². The topological polar surface area (TPSA) is 49.9 Å². The minimum Gasteiger partial charge on any atom is -0.466 e. The number of esters is 1. The van der Waals surface area contributed by atoms with Gasteiger partial charge in [0.2, 0.25) is 5.91 Å². The van der Waals surface area contributed by atoms with Crippen molar-refractivity contribution in [1.82, 2.24) is 9.80 Å². The summed E-state index contributed by atoms with van der Waals surface area (Å²) in [6, 6.07) is 0. The van der Waals surface area contributed by atoms with Gasteiger partial charge in [-0.25, -0.2) is 0 Å². The van der Waals surface area contributed by atoms with Crippen LogP contribution in [0.15, 0.2) is 0 Å². The average Bonchev–Trinajstić information content (AvgIpc) is 2.39. The number of amides is 1. The van der Waals surface area contributed by atoms with E-state index in [-0.39, 0.29) is 11.9 Å². The molecule has 1 fully saturated rings. The van der Waals surface area contributed by atoms with Crippen LogP contribution < -0.4 is 0 Å². The Balaban J connectivity index is 2.25. The van der Waals surface area contributed by atoms with Crippen molar-refractivity contribution >= 4 is 11.9 Å². The summed E-state index contributed by atoms with van der Waals surface area (Å²) in [6.45, 7) is 8.89. The van der Waals surface area contributed by atoms with Crippen molar-refractivity contribution in [3.05, 3.63) is 0 Å². The van der Waals surface area contributed by atoms with Gasteiger partial charge in [0.05, 0.1) is 12.1 Å². The number of hydrogen-bond donors (Lipinski definition) is 0. The van der Waals surface area contributed by atoms with E-state index >= 15 is 0 Å². The zero-order valence-electron chi connectivity index (χ0n) is 13.3. The summed E-state index contributed by atoms with van der Waals surface area (Å²) < 4.78 is 4.90. The summed E-state index contributed by atoms with van der Waals surface area (Å²) in [6.07, 6.45) is 3.37. The highest BCUT2D eigenvalue weighted by Crippen LogP contribution is 2.22. The SMILES string of the molecule is CCOC(=O)CCCCCN1CCN(C)C(=O)C1(C)C. The lowest BCUT2D eigenvalue weighted by molar-refractivity contribution is -0.147. The van der Waals surface area contributed by atoms with Crippen molar-refractivity contribution in [1.29, 1.82) is 0 Å².